The third-order valence-electron chi connectivity index (χ3n) is 2.04. The van der Waals surface area contributed by atoms with E-state index in [4.69, 9.17) is 5.11 Å². The van der Waals surface area contributed by atoms with Crippen LogP contribution in [-0.4, -0.2) is 11.1 Å². The first kappa shape index (κ1) is 9.04. The molecule has 0 aromatic rings. The lowest BCUT2D eigenvalue weighted by Crippen LogP contribution is -1.98. The summed E-state index contributed by atoms with van der Waals surface area (Å²) in [7, 11) is 0. The predicted octanol–water partition coefficient (Wildman–Crippen LogP) is 2.52. The van der Waals surface area contributed by atoms with Crippen molar-refractivity contribution in [2.45, 2.75) is 32.6 Å². The molecule has 1 N–H and O–H groups in total. The van der Waals surface area contributed by atoms with E-state index in [-0.39, 0.29) is 6.42 Å². The number of carboxylic acid groups (broad SMARTS) is 1. The van der Waals surface area contributed by atoms with Gasteiger partial charge in [-0.05, 0) is 26.2 Å². The van der Waals surface area contributed by atoms with Crippen LogP contribution in [0.3, 0.4) is 0 Å². The number of rotatable bonds is 3. The van der Waals surface area contributed by atoms with Crippen molar-refractivity contribution in [3.05, 3.63) is 23.3 Å². The monoisotopic (exact) mass is 166 g/mol. The van der Waals surface area contributed by atoms with E-state index in [2.05, 4.69) is 19.1 Å². The van der Waals surface area contributed by atoms with Crippen LogP contribution >= 0.6 is 0 Å². The van der Waals surface area contributed by atoms with E-state index in [1.165, 1.54) is 11.1 Å². The van der Waals surface area contributed by atoms with Crippen LogP contribution in [0.15, 0.2) is 23.3 Å². The lowest BCUT2D eigenvalue weighted by atomic mass is 9.96. The fourth-order valence-corrected chi connectivity index (χ4v) is 1.39. The second kappa shape index (κ2) is 4.10. The van der Waals surface area contributed by atoms with E-state index < -0.39 is 5.97 Å². The molecular formula is C10H14O2. The van der Waals surface area contributed by atoms with Crippen molar-refractivity contribution in [3.63, 3.8) is 0 Å². The molecule has 0 radical (unpaired) electrons. The lowest BCUT2D eigenvalue weighted by Gasteiger charge is -2.10. The van der Waals surface area contributed by atoms with Crippen LogP contribution in [0.1, 0.15) is 32.6 Å². The minimum atomic E-state index is -0.705. The summed E-state index contributed by atoms with van der Waals surface area (Å²) in [5.41, 5.74) is 2.63. The molecule has 66 valence electrons. The molecule has 12 heavy (non-hydrogen) atoms. The van der Waals surface area contributed by atoms with Crippen LogP contribution in [0.5, 0.6) is 0 Å². The molecule has 0 spiro atoms. The molecule has 0 heterocycles. The first-order valence-electron chi connectivity index (χ1n) is 4.24. The zero-order valence-electron chi connectivity index (χ0n) is 7.34. The zero-order chi connectivity index (χ0) is 8.97. The van der Waals surface area contributed by atoms with Crippen LogP contribution in [0.25, 0.3) is 0 Å². The standard InChI is InChI=1S/C10H14O2/c1-8-3-2-4-9(7-8)5-6-10(11)12/h3-4H,2,5-7H2,1H3,(H,11,12). The number of aliphatic carboxylic acids is 1. The Bertz CT molecular complexity index is 236. The highest BCUT2D eigenvalue weighted by Crippen LogP contribution is 2.21. The van der Waals surface area contributed by atoms with Gasteiger partial charge in [-0.25, -0.2) is 0 Å². The van der Waals surface area contributed by atoms with Gasteiger partial charge in [0.25, 0.3) is 0 Å². The lowest BCUT2D eigenvalue weighted by molar-refractivity contribution is -0.136. The van der Waals surface area contributed by atoms with Crippen LogP contribution in [0.2, 0.25) is 0 Å². The van der Waals surface area contributed by atoms with Gasteiger partial charge in [0.1, 0.15) is 0 Å². The second-order valence-corrected chi connectivity index (χ2v) is 3.22. The normalized spacial score (nSPS) is 16.8. The second-order valence-electron chi connectivity index (χ2n) is 3.22. The Labute approximate surface area is 72.6 Å². The van der Waals surface area contributed by atoms with Gasteiger partial charge in [-0.3, -0.25) is 4.79 Å². The van der Waals surface area contributed by atoms with Gasteiger partial charge in [0.05, 0.1) is 0 Å². The smallest absolute Gasteiger partial charge is 0.303 e. The topological polar surface area (TPSA) is 37.3 Å². The molecule has 0 fully saturated rings. The highest BCUT2D eigenvalue weighted by molar-refractivity contribution is 5.67. The summed E-state index contributed by atoms with van der Waals surface area (Å²) in [4.78, 5) is 10.3. The first-order chi connectivity index (χ1) is 5.68. The maximum atomic E-state index is 10.3. The van der Waals surface area contributed by atoms with Gasteiger partial charge < -0.3 is 5.11 Å². The SMILES string of the molecule is CC1=CCC=C(CCC(=O)O)C1. The molecule has 0 aromatic carbocycles. The first-order valence-corrected chi connectivity index (χ1v) is 4.24. The summed E-state index contributed by atoms with van der Waals surface area (Å²) in [5.74, 6) is -0.705. The molecule has 0 amide bonds. The quantitative estimate of drug-likeness (QED) is 0.654. The number of hydrogen-bond donors (Lipinski definition) is 1. The van der Waals surface area contributed by atoms with Gasteiger partial charge in [-0.1, -0.05) is 23.3 Å². The molecular weight excluding hydrogens is 152 g/mol. The van der Waals surface area contributed by atoms with Crippen molar-refractivity contribution in [1.82, 2.24) is 0 Å². The summed E-state index contributed by atoms with van der Waals surface area (Å²) < 4.78 is 0. The highest BCUT2D eigenvalue weighted by atomic mass is 16.4. The van der Waals surface area contributed by atoms with Gasteiger partial charge in [-0.15, -0.1) is 0 Å². The summed E-state index contributed by atoms with van der Waals surface area (Å²) in [5, 5.41) is 8.47. The molecule has 0 bridgehead atoms. The van der Waals surface area contributed by atoms with Crippen molar-refractivity contribution >= 4 is 5.97 Å². The van der Waals surface area contributed by atoms with Crippen molar-refractivity contribution in [3.8, 4) is 0 Å². The van der Waals surface area contributed by atoms with Gasteiger partial charge >= 0.3 is 5.97 Å². The van der Waals surface area contributed by atoms with Crippen LogP contribution in [0.4, 0.5) is 0 Å². The Morgan fingerprint density at radius 3 is 2.92 bits per heavy atom. The van der Waals surface area contributed by atoms with E-state index in [1.807, 2.05) is 0 Å². The van der Waals surface area contributed by atoms with Crippen molar-refractivity contribution in [2.24, 2.45) is 0 Å². The Balaban J connectivity index is 2.34. The molecule has 1 aliphatic carbocycles. The highest BCUT2D eigenvalue weighted by Gasteiger charge is 2.05. The molecule has 2 heteroatoms. The van der Waals surface area contributed by atoms with E-state index in [0.29, 0.717) is 6.42 Å². The zero-order valence-corrected chi connectivity index (χ0v) is 7.34. The largest absolute Gasteiger partial charge is 0.481 e. The van der Waals surface area contributed by atoms with Crippen LogP contribution < -0.4 is 0 Å². The maximum Gasteiger partial charge on any atom is 0.303 e. The van der Waals surface area contributed by atoms with E-state index in [1.54, 1.807) is 0 Å². The molecule has 0 atom stereocenters. The number of carboxylic acids is 1. The number of allylic oxidation sites excluding steroid dienone is 4. The maximum absolute atomic E-state index is 10.3. The molecule has 0 aliphatic heterocycles. The average Bonchev–Trinajstić information content (AvgIpc) is 2.01. The average molecular weight is 166 g/mol. The molecule has 0 saturated carbocycles. The molecule has 1 aliphatic rings. The van der Waals surface area contributed by atoms with Gasteiger partial charge in [0, 0.05) is 6.42 Å². The van der Waals surface area contributed by atoms with E-state index >= 15 is 0 Å². The van der Waals surface area contributed by atoms with E-state index in [0.717, 1.165) is 12.8 Å². The van der Waals surface area contributed by atoms with Crippen LogP contribution in [-0.2, 0) is 4.79 Å². The minimum Gasteiger partial charge on any atom is -0.481 e. The van der Waals surface area contributed by atoms with Gasteiger partial charge in [0.2, 0.25) is 0 Å². The third-order valence-corrected chi connectivity index (χ3v) is 2.04. The molecule has 0 unspecified atom stereocenters. The molecule has 0 aromatic heterocycles. The Morgan fingerprint density at radius 2 is 2.33 bits per heavy atom. The van der Waals surface area contributed by atoms with Crippen molar-refractivity contribution < 1.29 is 9.90 Å². The fraction of sp³-hybridized carbons (Fsp3) is 0.500. The Kier molecular flexibility index (Phi) is 3.09. The Hall–Kier alpha value is -1.05. The summed E-state index contributed by atoms with van der Waals surface area (Å²) >= 11 is 0. The Morgan fingerprint density at radius 1 is 1.58 bits per heavy atom. The summed E-state index contributed by atoms with van der Waals surface area (Å²) in [6.07, 6.45) is 7.23. The van der Waals surface area contributed by atoms with Crippen molar-refractivity contribution in [2.75, 3.05) is 0 Å². The molecule has 1 rings (SSSR count). The minimum absolute atomic E-state index is 0.263. The summed E-state index contributed by atoms with van der Waals surface area (Å²) in [6, 6.07) is 0. The van der Waals surface area contributed by atoms with Crippen molar-refractivity contribution in [1.29, 1.82) is 0 Å². The van der Waals surface area contributed by atoms with Crippen LogP contribution in [0, 0.1) is 0 Å². The van der Waals surface area contributed by atoms with Gasteiger partial charge in [0.15, 0.2) is 0 Å². The number of hydrogen-bond acceptors (Lipinski definition) is 1. The number of carbonyl (C=O) groups is 1. The van der Waals surface area contributed by atoms with E-state index in [9.17, 15) is 4.79 Å². The fourth-order valence-electron chi connectivity index (χ4n) is 1.39. The third kappa shape index (κ3) is 2.91. The molecule has 0 saturated heterocycles. The van der Waals surface area contributed by atoms with Gasteiger partial charge in [-0.2, -0.15) is 0 Å². The predicted molar refractivity (Wildman–Crippen MR) is 47.9 cm³/mol. The summed E-state index contributed by atoms with van der Waals surface area (Å²) in [6.45, 7) is 2.09. The molecule has 2 nitrogen and oxygen atoms in total.